The highest BCUT2D eigenvalue weighted by Gasteiger charge is 2.35. The van der Waals surface area contributed by atoms with Crippen LogP contribution in [0.25, 0.3) is 0 Å². The van der Waals surface area contributed by atoms with Crippen LogP contribution in [-0.4, -0.2) is 32.6 Å². The number of aromatic nitrogens is 3. The molecule has 4 rings (SSSR count). The number of thioether (sulfide) groups is 1. The van der Waals surface area contributed by atoms with Crippen LogP contribution in [0.5, 0.6) is 5.75 Å². The molecule has 1 unspecified atom stereocenters. The molecule has 178 valence electrons. The molecule has 7 nitrogen and oxygen atoms in total. The van der Waals surface area contributed by atoms with Crippen LogP contribution in [0.2, 0.25) is 0 Å². The fourth-order valence-electron chi connectivity index (χ4n) is 3.89. The van der Waals surface area contributed by atoms with Crippen LogP contribution in [0.15, 0.2) is 65.0 Å². The van der Waals surface area contributed by atoms with Crippen LogP contribution in [-0.2, 0) is 16.1 Å². The van der Waals surface area contributed by atoms with E-state index in [9.17, 15) is 4.79 Å². The first-order valence-corrected chi connectivity index (χ1v) is 12.4. The van der Waals surface area contributed by atoms with Gasteiger partial charge in [0.15, 0.2) is 0 Å². The zero-order valence-electron chi connectivity index (χ0n) is 20.2. The number of carbonyl (C=O) groups excluding carboxylic acids is 1. The molecule has 34 heavy (non-hydrogen) atoms. The fourth-order valence-corrected chi connectivity index (χ4v) is 4.44. The molecule has 0 aliphatic carbocycles. The number of carbonyl (C=O) groups is 1. The molecule has 0 saturated carbocycles. The maximum atomic E-state index is 13.1. The lowest BCUT2D eigenvalue weighted by Crippen LogP contribution is -2.30. The SMILES string of the molecule is CCSc1nc2n(n1)C(c1ccc(OCc3cccc(C)c3)cc1)C(C(=O)OC(C)C)=C(C)N2. The molecular formula is C26H30N4O3S. The van der Waals surface area contributed by atoms with Crippen molar-refractivity contribution in [1.29, 1.82) is 0 Å². The molecule has 1 atom stereocenters. The summed E-state index contributed by atoms with van der Waals surface area (Å²) in [6.45, 7) is 10.2. The summed E-state index contributed by atoms with van der Waals surface area (Å²) in [6, 6.07) is 15.6. The van der Waals surface area contributed by atoms with Crippen molar-refractivity contribution in [2.75, 3.05) is 11.1 Å². The molecule has 0 fully saturated rings. The van der Waals surface area contributed by atoms with Gasteiger partial charge in [0.05, 0.1) is 11.7 Å². The van der Waals surface area contributed by atoms with Crippen molar-refractivity contribution in [3.63, 3.8) is 0 Å². The first-order chi connectivity index (χ1) is 16.4. The van der Waals surface area contributed by atoms with E-state index in [4.69, 9.17) is 9.47 Å². The van der Waals surface area contributed by atoms with Crippen LogP contribution < -0.4 is 10.1 Å². The molecule has 0 radical (unpaired) electrons. The Hall–Kier alpha value is -3.26. The zero-order chi connectivity index (χ0) is 24.2. The molecular weight excluding hydrogens is 448 g/mol. The topological polar surface area (TPSA) is 78.3 Å². The van der Waals surface area contributed by atoms with E-state index in [0.717, 1.165) is 22.6 Å². The Morgan fingerprint density at radius 3 is 2.62 bits per heavy atom. The Morgan fingerprint density at radius 2 is 1.94 bits per heavy atom. The second-order valence-electron chi connectivity index (χ2n) is 8.46. The van der Waals surface area contributed by atoms with Crippen LogP contribution in [0.4, 0.5) is 5.95 Å². The van der Waals surface area contributed by atoms with Crippen molar-refractivity contribution in [2.45, 2.75) is 58.5 Å². The molecule has 2 aromatic carbocycles. The van der Waals surface area contributed by atoms with E-state index < -0.39 is 6.04 Å². The molecule has 1 aliphatic rings. The summed E-state index contributed by atoms with van der Waals surface area (Å²) in [6.07, 6.45) is -0.228. The van der Waals surface area contributed by atoms with E-state index in [2.05, 4.69) is 47.4 Å². The minimum Gasteiger partial charge on any atom is -0.489 e. The average Bonchev–Trinajstić information content (AvgIpc) is 3.19. The van der Waals surface area contributed by atoms with Gasteiger partial charge in [-0.3, -0.25) is 0 Å². The number of ether oxygens (including phenoxy) is 2. The predicted molar refractivity (Wildman–Crippen MR) is 134 cm³/mol. The van der Waals surface area contributed by atoms with E-state index in [1.54, 1.807) is 16.4 Å². The lowest BCUT2D eigenvalue weighted by Gasteiger charge is -2.28. The first kappa shape index (κ1) is 23.9. The van der Waals surface area contributed by atoms with Crippen molar-refractivity contribution in [3.8, 4) is 5.75 Å². The van der Waals surface area contributed by atoms with E-state index in [-0.39, 0.29) is 12.1 Å². The Balaban J connectivity index is 1.64. The number of nitrogens with one attached hydrogen (secondary N) is 1. The number of hydrogen-bond acceptors (Lipinski definition) is 7. The maximum absolute atomic E-state index is 13.1. The summed E-state index contributed by atoms with van der Waals surface area (Å²) >= 11 is 1.56. The van der Waals surface area contributed by atoms with Gasteiger partial charge in [-0.05, 0) is 56.7 Å². The molecule has 2 heterocycles. The number of fused-ring (bicyclic) bond motifs is 1. The van der Waals surface area contributed by atoms with Crippen LogP contribution in [0.3, 0.4) is 0 Å². The van der Waals surface area contributed by atoms with Gasteiger partial charge in [-0.2, -0.15) is 4.98 Å². The second kappa shape index (κ2) is 10.3. The molecule has 1 aliphatic heterocycles. The Kier molecular flexibility index (Phi) is 7.26. The van der Waals surface area contributed by atoms with Crippen LogP contribution >= 0.6 is 11.8 Å². The molecule has 3 aromatic rings. The molecule has 1 N–H and O–H groups in total. The van der Waals surface area contributed by atoms with Gasteiger partial charge < -0.3 is 14.8 Å². The summed E-state index contributed by atoms with van der Waals surface area (Å²) in [4.78, 5) is 17.7. The third-order valence-corrected chi connectivity index (χ3v) is 6.07. The number of allylic oxidation sites excluding steroid dienone is 1. The third-order valence-electron chi connectivity index (χ3n) is 5.35. The van der Waals surface area contributed by atoms with Crippen LogP contribution in [0, 0.1) is 6.92 Å². The molecule has 1 aromatic heterocycles. The number of rotatable bonds is 8. The lowest BCUT2D eigenvalue weighted by molar-refractivity contribution is -0.143. The lowest BCUT2D eigenvalue weighted by atomic mass is 9.95. The number of nitrogens with zero attached hydrogens (tertiary/aromatic N) is 3. The largest absolute Gasteiger partial charge is 0.489 e. The summed E-state index contributed by atoms with van der Waals surface area (Å²) in [5, 5.41) is 8.58. The van der Waals surface area contributed by atoms with E-state index >= 15 is 0 Å². The second-order valence-corrected chi connectivity index (χ2v) is 9.69. The highest BCUT2D eigenvalue weighted by Crippen LogP contribution is 2.37. The van der Waals surface area contributed by atoms with Gasteiger partial charge in [0.1, 0.15) is 18.4 Å². The maximum Gasteiger partial charge on any atom is 0.338 e. The highest BCUT2D eigenvalue weighted by atomic mass is 32.2. The van der Waals surface area contributed by atoms with E-state index in [1.165, 1.54) is 5.56 Å². The molecule has 8 heteroatoms. The Bertz CT molecular complexity index is 1200. The van der Waals surface area contributed by atoms with Crippen molar-refractivity contribution >= 4 is 23.7 Å². The summed E-state index contributed by atoms with van der Waals surface area (Å²) in [5.74, 6) is 1.86. The highest BCUT2D eigenvalue weighted by molar-refractivity contribution is 7.99. The molecule has 0 bridgehead atoms. The van der Waals surface area contributed by atoms with Gasteiger partial charge in [0, 0.05) is 5.70 Å². The van der Waals surface area contributed by atoms with Crippen molar-refractivity contribution < 1.29 is 14.3 Å². The number of esters is 1. The van der Waals surface area contributed by atoms with Gasteiger partial charge >= 0.3 is 5.97 Å². The zero-order valence-corrected chi connectivity index (χ0v) is 21.0. The quantitative estimate of drug-likeness (QED) is 0.337. The first-order valence-electron chi connectivity index (χ1n) is 11.4. The summed E-state index contributed by atoms with van der Waals surface area (Å²) < 4.78 is 13.3. The van der Waals surface area contributed by atoms with Crippen molar-refractivity contribution in [3.05, 3.63) is 76.5 Å². The molecule has 0 amide bonds. The summed E-state index contributed by atoms with van der Waals surface area (Å²) in [7, 11) is 0. The average molecular weight is 479 g/mol. The van der Waals surface area contributed by atoms with Gasteiger partial charge in [-0.25, -0.2) is 9.48 Å². The standard InChI is InChI=1S/C26H30N4O3S/c1-6-34-26-28-25-27-18(5)22(24(31)33-16(2)3)23(30(25)29-26)20-10-12-21(13-11-20)32-15-19-9-7-8-17(4)14-19/h7-14,16,23H,6,15H2,1-5H3,(H,27,28,29). The van der Waals surface area contributed by atoms with Gasteiger partial charge in [-0.1, -0.05) is 60.6 Å². The van der Waals surface area contributed by atoms with Gasteiger partial charge in [0.25, 0.3) is 0 Å². The number of anilines is 1. The smallest absolute Gasteiger partial charge is 0.338 e. The van der Waals surface area contributed by atoms with Gasteiger partial charge in [-0.15, -0.1) is 5.10 Å². The van der Waals surface area contributed by atoms with Crippen molar-refractivity contribution in [1.82, 2.24) is 14.8 Å². The molecule has 0 spiro atoms. The Morgan fingerprint density at radius 1 is 1.18 bits per heavy atom. The monoisotopic (exact) mass is 478 g/mol. The Labute approximate surface area is 204 Å². The van der Waals surface area contributed by atoms with Crippen molar-refractivity contribution in [2.24, 2.45) is 0 Å². The fraction of sp³-hybridized carbons (Fsp3) is 0.346. The number of hydrogen-bond donors (Lipinski definition) is 1. The predicted octanol–water partition coefficient (Wildman–Crippen LogP) is 5.52. The van der Waals surface area contributed by atoms with Crippen LogP contribution in [0.1, 0.15) is 50.4 Å². The number of benzene rings is 2. The summed E-state index contributed by atoms with van der Waals surface area (Å²) in [5.41, 5.74) is 4.46. The number of aryl methyl sites for hydroxylation is 1. The van der Waals surface area contributed by atoms with E-state index in [1.807, 2.05) is 51.1 Å². The minimum absolute atomic E-state index is 0.228. The minimum atomic E-state index is -0.452. The molecule has 0 saturated heterocycles. The van der Waals surface area contributed by atoms with E-state index in [0.29, 0.717) is 29.0 Å². The van der Waals surface area contributed by atoms with Gasteiger partial charge in [0.2, 0.25) is 11.1 Å². The third kappa shape index (κ3) is 5.28. The normalized spacial score (nSPS) is 15.2.